The Morgan fingerprint density at radius 1 is 0.821 bits per heavy atom. The summed E-state index contributed by atoms with van der Waals surface area (Å²) in [6, 6.07) is 15.9. The van der Waals surface area contributed by atoms with Crippen molar-refractivity contribution in [3.05, 3.63) is 77.6 Å². The average molecular weight is 374 g/mol. The van der Waals surface area contributed by atoms with Gasteiger partial charge in [-0.1, -0.05) is 64.1 Å². The predicted molar refractivity (Wildman–Crippen MR) is 114 cm³/mol. The average Bonchev–Trinajstić information content (AvgIpc) is 2.69. The number of hydrogen-bond donors (Lipinski definition) is 2. The van der Waals surface area contributed by atoms with Gasteiger partial charge in [0.2, 0.25) is 5.95 Å². The van der Waals surface area contributed by atoms with E-state index in [0.717, 1.165) is 22.5 Å². The smallest absolute Gasteiger partial charge is 0.258 e. The molecule has 0 aliphatic rings. The molecule has 1 heterocycles. The van der Waals surface area contributed by atoms with Crippen LogP contribution in [0.3, 0.4) is 0 Å². The normalized spacial score (nSPS) is 10.9. The van der Waals surface area contributed by atoms with Gasteiger partial charge in [-0.25, -0.2) is 9.97 Å². The summed E-state index contributed by atoms with van der Waals surface area (Å²) in [6.07, 6.45) is 3.08. The van der Waals surface area contributed by atoms with Crippen molar-refractivity contribution in [3.8, 4) is 0 Å². The number of aromatic nitrogens is 2. The fourth-order valence-corrected chi connectivity index (χ4v) is 3.04. The van der Waals surface area contributed by atoms with Crippen LogP contribution in [0.15, 0.2) is 60.9 Å². The molecule has 3 aromatic rings. The number of nitrogens with one attached hydrogen (secondary N) is 2. The van der Waals surface area contributed by atoms with Gasteiger partial charge in [0.05, 0.1) is 5.56 Å². The first-order chi connectivity index (χ1) is 13.5. The second-order valence-corrected chi connectivity index (χ2v) is 7.36. The van der Waals surface area contributed by atoms with Gasteiger partial charge in [-0.05, 0) is 35.1 Å². The second kappa shape index (κ2) is 8.65. The minimum Gasteiger partial charge on any atom is -0.324 e. The van der Waals surface area contributed by atoms with Crippen molar-refractivity contribution in [1.82, 2.24) is 9.97 Å². The lowest BCUT2D eigenvalue weighted by Gasteiger charge is -2.20. The van der Waals surface area contributed by atoms with E-state index in [-0.39, 0.29) is 5.91 Å². The molecule has 0 spiro atoms. The van der Waals surface area contributed by atoms with Crippen LogP contribution >= 0.6 is 0 Å². The third-order valence-electron chi connectivity index (χ3n) is 4.56. The van der Waals surface area contributed by atoms with Crippen LogP contribution in [0, 0.1) is 0 Å². The Kier molecular flexibility index (Phi) is 6.04. The van der Waals surface area contributed by atoms with Crippen molar-refractivity contribution in [2.45, 2.75) is 39.5 Å². The van der Waals surface area contributed by atoms with Crippen LogP contribution in [0.25, 0.3) is 0 Å². The van der Waals surface area contributed by atoms with Crippen LogP contribution in [0.5, 0.6) is 0 Å². The number of hydrogen-bond acceptors (Lipinski definition) is 4. The number of benzene rings is 2. The molecule has 0 unspecified atom stereocenters. The van der Waals surface area contributed by atoms with Crippen molar-refractivity contribution < 1.29 is 4.79 Å². The summed E-state index contributed by atoms with van der Waals surface area (Å²) in [6.45, 7) is 8.51. The topological polar surface area (TPSA) is 66.9 Å². The number of anilines is 3. The highest BCUT2D eigenvalue weighted by molar-refractivity contribution is 6.04. The largest absolute Gasteiger partial charge is 0.324 e. The van der Waals surface area contributed by atoms with Gasteiger partial charge in [-0.2, -0.15) is 0 Å². The molecule has 0 radical (unpaired) electrons. The lowest BCUT2D eigenvalue weighted by atomic mass is 9.92. The number of para-hydroxylation sites is 2. The minimum atomic E-state index is -0.207. The second-order valence-electron chi connectivity index (χ2n) is 7.36. The quantitative estimate of drug-likeness (QED) is 0.579. The molecular formula is C23H26N4O. The summed E-state index contributed by atoms with van der Waals surface area (Å²) in [7, 11) is 0. The van der Waals surface area contributed by atoms with Gasteiger partial charge in [0.25, 0.3) is 5.91 Å². The molecule has 5 nitrogen and oxygen atoms in total. The zero-order valence-corrected chi connectivity index (χ0v) is 16.7. The Morgan fingerprint density at radius 2 is 1.39 bits per heavy atom. The number of carbonyl (C=O) groups is 1. The van der Waals surface area contributed by atoms with Crippen LogP contribution < -0.4 is 10.6 Å². The van der Waals surface area contributed by atoms with Crippen LogP contribution in [0.4, 0.5) is 17.3 Å². The fraction of sp³-hybridized carbons (Fsp3) is 0.261. The van der Waals surface area contributed by atoms with E-state index in [1.165, 1.54) is 0 Å². The van der Waals surface area contributed by atoms with Crippen LogP contribution in [-0.4, -0.2) is 15.9 Å². The molecule has 2 aromatic carbocycles. The van der Waals surface area contributed by atoms with E-state index in [9.17, 15) is 4.79 Å². The van der Waals surface area contributed by atoms with E-state index in [1.54, 1.807) is 12.4 Å². The molecule has 0 saturated heterocycles. The molecule has 28 heavy (non-hydrogen) atoms. The van der Waals surface area contributed by atoms with Gasteiger partial charge in [-0.15, -0.1) is 0 Å². The van der Waals surface area contributed by atoms with Crippen molar-refractivity contribution >= 4 is 23.2 Å². The summed E-state index contributed by atoms with van der Waals surface area (Å²) >= 11 is 0. The maximum absolute atomic E-state index is 12.8. The molecule has 1 aromatic heterocycles. The van der Waals surface area contributed by atoms with Crippen LogP contribution in [-0.2, 0) is 0 Å². The van der Waals surface area contributed by atoms with Gasteiger partial charge in [0.1, 0.15) is 0 Å². The Bertz CT molecular complexity index is 908. The zero-order chi connectivity index (χ0) is 20.1. The summed E-state index contributed by atoms with van der Waals surface area (Å²) in [5, 5.41) is 6.20. The number of amides is 1. The Balaban J connectivity index is 1.80. The van der Waals surface area contributed by atoms with Crippen molar-refractivity contribution in [1.29, 1.82) is 0 Å². The van der Waals surface area contributed by atoms with Gasteiger partial charge in [-0.3, -0.25) is 4.79 Å². The molecule has 144 valence electrons. The number of carbonyl (C=O) groups excluding carboxylic acids is 1. The van der Waals surface area contributed by atoms with Crippen LogP contribution in [0.2, 0.25) is 0 Å². The first-order valence-corrected chi connectivity index (χ1v) is 9.54. The molecule has 2 N–H and O–H groups in total. The van der Waals surface area contributed by atoms with Crippen molar-refractivity contribution in [3.63, 3.8) is 0 Å². The monoisotopic (exact) mass is 374 g/mol. The third kappa shape index (κ3) is 4.55. The molecule has 0 fully saturated rings. The van der Waals surface area contributed by atoms with E-state index >= 15 is 0 Å². The lowest BCUT2D eigenvalue weighted by Crippen LogP contribution is -2.16. The van der Waals surface area contributed by atoms with Gasteiger partial charge in [0.15, 0.2) is 0 Å². The summed E-state index contributed by atoms with van der Waals surface area (Å²) < 4.78 is 0. The van der Waals surface area contributed by atoms with E-state index in [0.29, 0.717) is 23.3 Å². The van der Waals surface area contributed by atoms with Gasteiger partial charge >= 0.3 is 0 Å². The summed E-state index contributed by atoms with van der Waals surface area (Å²) in [4.78, 5) is 21.4. The number of nitrogens with zero attached hydrogens (tertiary/aromatic N) is 2. The Morgan fingerprint density at radius 3 is 1.93 bits per heavy atom. The number of rotatable bonds is 6. The molecular weight excluding hydrogens is 348 g/mol. The molecule has 0 aliphatic heterocycles. The van der Waals surface area contributed by atoms with Gasteiger partial charge < -0.3 is 10.6 Å². The highest BCUT2D eigenvalue weighted by Crippen LogP contribution is 2.32. The maximum atomic E-state index is 12.8. The van der Waals surface area contributed by atoms with Gasteiger partial charge in [0, 0.05) is 23.8 Å². The van der Waals surface area contributed by atoms with Crippen LogP contribution in [0.1, 0.15) is 61.0 Å². The summed E-state index contributed by atoms with van der Waals surface area (Å²) in [5.74, 6) is 0.861. The zero-order valence-electron chi connectivity index (χ0n) is 16.7. The maximum Gasteiger partial charge on any atom is 0.258 e. The van der Waals surface area contributed by atoms with E-state index in [2.05, 4.69) is 60.4 Å². The SMILES string of the molecule is CC(C)c1cccc(C(C)C)c1NC(=O)c1cnc(Nc2ccccc2)nc1. The highest BCUT2D eigenvalue weighted by atomic mass is 16.1. The van der Waals surface area contributed by atoms with Crippen molar-refractivity contribution in [2.24, 2.45) is 0 Å². The van der Waals surface area contributed by atoms with Crippen molar-refractivity contribution in [2.75, 3.05) is 10.6 Å². The first-order valence-electron chi connectivity index (χ1n) is 9.54. The standard InChI is InChI=1S/C23H26N4O/c1-15(2)19-11-8-12-20(16(3)4)21(19)27-22(28)17-13-24-23(25-14-17)26-18-9-6-5-7-10-18/h5-16H,1-4H3,(H,27,28)(H,24,25,26). The molecule has 0 bridgehead atoms. The third-order valence-corrected chi connectivity index (χ3v) is 4.56. The molecule has 0 aliphatic carbocycles. The first kappa shape index (κ1) is 19.5. The molecule has 3 rings (SSSR count). The molecule has 0 saturated carbocycles. The highest BCUT2D eigenvalue weighted by Gasteiger charge is 2.17. The Hall–Kier alpha value is -3.21. The predicted octanol–water partition coefficient (Wildman–Crippen LogP) is 5.72. The van der Waals surface area contributed by atoms with E-state index in [1.807, 2.05) is 36.4 Å². The molecule has 0 atom stereocenters. The Labute approximate surface area is 166 Å². The summed E-state index contributed by atoms with van der Waals surface area (Å²) in [5.41, 5.74) is 4.47. The lowest BCUT2D eigenvalue weighted by molar-refractivity contribution is 0.102. The molecule has 5 heteroatoms. The minimum absolute atomic E-state index is 0.207. The fourth-order valence-electron chi connectivity index (χ4n) is 3.04. The molecule has 1 amide bonds. The van der Waals surface area contributed by atoms with E-state index in [4.69, 9.17) is 0 Å². The van der Waals surface area contributed by atoms with E-state index < -0.39 is 0 Å².